The Balaban J connectivity index is 4.43. The van der Waals surface area contributed by atoms with Crippen molar-refractivity contribution in [2.75, 3.05) is 13.2 Å². The van der Waals surface area contributed by atoms with E-state index in [2.05, 4.69) is 154 Å². The normalized spacial score (nSPS) is 13.0. The van der Waals surface area contributed by atoms with Gasteiger partial charge in [-0.15, -0.1) is 0 Å². The first-order valence-corrected chi connectivity index (χ1v) is 33.2. The minimum Gasteiger partial charge on any atom is -0.462 e. The maximum Gasteiger partial charge on any atom is 0.306 e. The number of esters is 3. The first kappa shape index (κ1) is 75.5. The second kappa shape index (κ2) is 67.1. The number of ether oxygens (including phenoxy) is 3. The van der Waals surface area contributed by atoms with Gasteiger partial charge in [0.05, 0.1) is 0 Å². The Morgan fingerprint density at radius 3 is 0.787 bits per heavy atom. The van der Waals surface area contributed by atoms with E-state index in [1.54, 1.807) is 0 Å². The van der Waals surface area contributed by atoms with E-state index in [1.807, 2.05) is 0 Å². The minimum absolute atomic E-state index is 0.0980. The third kappa shape index (κ3) is 64.4. The van der Waals surface area contributed by atoms with Crippen LogP contribution >= 0.6 is 0 Å². The van der Waals surface area contributed by atoms with Crippen molar-refractivity contribution >= 4 is 17.9 Å². The summed E-state index contributed by atoms with van der Waals surface area (Å²) in [5.74, 6) is -0.936. The number of carbonyl (C=O) groups is 3. The lowest BCUT2D eigenvalue weighted by Gasteiger charge is -2.18. The van der Waals surface area contributed by atoms with Crippen LogP contribution in [-0.2, 0) is 28.6 Å². The number of hydrogen-bond acceptors (Lipinski definition) is 6. The van der Waals surface area contributed by atoms with E-state index >= 15 is 0 Å². The van der Waals surface area contributed by atoms with Crippen molar-refractivity contribution in [3.05, 3.63) is 134 Å². The van der Waals surface area contributed by atoms with E-state index in [-0.39, 0.29) is 31.1 Å². The van der Waals surface area contributed by atoms with Crippen LogP contribution in [0.25, 0.3) is 0 Å². The van der Waals surface area contributed by atoms with E-state index in [0.717, 1.165) is 148 Å². The third-order valence-electron chi connectivity index (χ3n) is 13.9. The van der Waals surface area contributed by atoms with Gasteiger partial charge >= 0.3 is 17.9 Å². The maximum absolute atomic E-state index is 12.9. The van der Waals surface area contributed by atoms with Gasteiger partial charge in [-0.2, -0.15) is 0 Å². The molecule has 0 spiro atoms. The number of unbranched alkanes of at least 4 members (excludes halogenated alkanes) is 26. The lowest BCUT2D eigenvalue weighted by Crippen LogP contribution is -2.30. The van der Waals surface area contributed by atoms with Crippen molar-refractivity contribution in [2.24, 2.45) is 0 Å². The maximum atomic E-state index is 12.9. The van der Waals surface area contributed by atoms with Crippen molar-refractivity contribution in [3.8, 4) is 0 Å². The quantitative estimate of drug-likeness (QED) is 0.0261. The molecule has 0 bridgehead atoms. The van der Waals surface area contributed by atoms with Crippen LogP contribution in [-0.4, -0.2) is 37.2 Å². The topological polar surface area (TPSA) is 78.9 Å². The zero-order valence-electron chi connectivity index (χ0n) is 52.0. The molecule has 6 nitrogen and oxygen atoms in total. The van der Waals surface area contributed by atoms with Crippen molar-refractivity contribution in [3.63, 3.8) is 0 Å². The molecule has 80 heavy (non-hydrogen) atoms. The molecule has 0 amide bonds. The molecule has 1 atom stereocenters. The largest absolute Gasteiger partial charge is 0.462 e. The van der Waals surface area contributed by atoms with Crippen LogP contribution in [0.2, 0.25) is 0 Å². The van der Waals surface area contributed by atoms with Crippen LogP contribution in [0, 0.1) is 0 Å². The minimum atomic E-state index is -0.803. The Kier molecular flexibility index (Phi) is 63.3. The molecule has 0 aliphatic carbocycles. The molecule has 0 saturated carbocycles. The van der Waals surface area contributed by atoms with Crippen LogP contribution in [0.3, 0.4) is 0 Å². The standard InChI is InChI=1S/C74H122O6/c1-4-7-10-13-16-19-22-25-28-31-32-33-34-35-36-37-38-39-40-41-42-44-46-49-52-55-58-61-64-67-73(76)79-70-71(69-78-72(75)66-63-60-57-54-51-48-45-30-27-24-21-18-15-12-9-6-3)80-74(77)68-65-62-59-56-53-50-47-43-29-26-23-20-17-14-11-8-5-2/h7,10,16,19,21,24-26,28-30,32-33,35-36,38-39,41-42,45-46,49,71H,4-6,8-9,11-15,17-18,20,22-23,27,31,34,37,40,43-44,47-48,50-70H2,1-3H3/b10-7-,19-16-,24-21-,28-25-,29-26-,33-32-,36-35-,39-38-,42-41-,45-30-,49-46-. The van der Waals surface area contributed by atoms with Gasteiger partial charge in [0.1, 0.15) is 13.2 Å². The SMILES string of the molecule is CC/C=C\C/C=C\C/C=C\C/C=C\C/C=C\C/C=C\C/C=C\C/C=C\CCCCCCC(=O)OCC(COC(=O)CCCCCCC/C=C\C/C=C\CCCCCC)OC(=O)CCCCCCCCC/C=C\CCCCCCCC. The molecule has 0 fully saturated rings. The average molecular weight is 1110 g/mol. The van der Waals surface area contributed by atoms with Gasteiger partial charge in [0.15, 0.2) is 6.10 Å². The van der Waals surface area contributed by atoms with Crippen LogP contribution in [0.15, 0.2) is 134 Å². The van der Waals surface area contributed by atoms with Crippen LogP contribution in [0.1, 0.15) is 297 Å². The Morgan fingerprint density at radius 1 is 0.263 bits per heavy atom. The van der Waals surface area contributed by atoms with Gasteiger partial charge in [0.2, 0.25) is 0 Å². The Morgan fingerprint density at radius 2 is 0.487 bits per heavy atom. The molecule has 454 valence electrons. The molecule has 0 aromatic carbocycles. The molecular formula is C74H122O6. The molecule has 0 N–H and O–H groups in total. The molecular weight excluding hydrogens is 985 g/mol. The van der Waals surface area contributed by atoms with Crippen molar-refractivity contribution in [2.45, 2.75) is 303 Å². The predicted molar refractivity (Wildman–Crippen MR) is 348 cm³/mol. The molecule has 6 heteroatoms. The van der Waals surface area contributed by atoms with E-state index in [9.17, 15) is 14.4 Å². The highest BCUT2D eigenvalue weighted by atomic mass is 16.6. The molecule has 0 aliphatic rings. The van der Waals surface area contributed by atoms with Crippen LogP contribution in [0.5, 0.6) is 0 Å². The average Bonchev–Trinajstić information content (AvgIpc) is 3.46. The summed E-state index contributed by atoms with van der Waals surface area (Å²) in [6.07, 6.45) is 94.5. The summed E-state index contributed by atoms with van der Waals surface area (Å²) in [7, 11) is 0. The summed E-state index contributed by atoms with van der Waals surface area (Å²) >= 11 is 0. The first-order chi connectivity index (χ1) is 39.5. The van der Waals surface area contributed by atoms with Crippen molar-refractivity contribution in [1.82, 2.24) is 0 Å². The Hall–Kier alpha value is -4.45. The molecule has 0 aromatic heterocycles. The summed E-state index contributed by atoms with van der Waals surface area (Å²) in [5.41, 5.74) is 0. The van der Waals surface area contributed by atoms with Gasteiger partial charge in [-0.1, -0.05) is 270 Å². The van der Waals surface area contributed by atoms with Gasteiger partial charge in [0.25, 0.3) is 0 Å². The number of carbonyl (C=O) groups excluding carboxylic acids is 3. The number of allylic oxidation sites excluding steroid dienone is 22. The number of hydrogen-bond donors (Lipinski definition) is 0. The lowest BCUT2D eigenvalue weighted by atomic mass is 10.1. The van der Waals surface area contributed by atoms with E-state index < -0.39 is 6.10 Å². The van der Waals surface area contributed by atoms with Gasteiger partial charge in [-0.3, -0.25) is 14.4 Å². The second-order valence-corrected chi connectivity index (χ2v) is 21.6. The predicted octanol–water partition coefficient (Wildman–Crippen LogP) is 22.9. The molecule has 1 unspecified atom stereocenters. The fraction of sp³-hybridized carbons (Fsp3) is 0.662. The summed E-state index contributed by atoms with van der Waals surface area (Å²) < 4.78 is 16.9. The fourth-order valence-electron chi connectivity index (χ4n) is 8.89. The molecule has 0 saturated heterocycles. The summed E-state index contributed by atoms with van der Waals surface area (Å²) in [5, 5.41) is 0. The Bertz CT molecular complexity index is 1700. The molecule has 0 aromatic rings. The zero-order valence-corrected chi connectivity index (χ0v) is 52.0. The number of rotatable bonds is 59. The highest BCUT2D eigenvalue weighted by molar-refractivity contribution is 5.71. The van der Waals surface area contributed by atoms with Gasteiger partial charge in [-0.05, 0) is 141 Å². The molecule has 0 heterocycles. The summed E-state index contributed by atoms with van der Waals surface area (Å²) in [6, 6.07) is 0. The smallest absolute Gasteiger partial charge is 0.306 e. The van der Waals surface area contributed by atoms with Gasteiger partial charge < -0.3 is 14.2 Å². The van der Waals surface area contributed by atoms with E-state index in [4.69, 9.17) is 14.2 Å². The van der Waals surface area contributed by atoms with E-state index in [1.165, 1.54) is 109 Å². The van der Waals surface area contributed by atoms with E-state index in [0.29, 0.717) is 19.3 Å². The highest BCUT2D eigenvalue weighted by Gasteiger charge is 2.19. The zero-order chi connectivity index (χ0) is 57.8. The highest BCUT2D eigenvalue weighted by Crippen LogP contribution is 2.15. The van der Waals surface area contributed by atoms with Crippen molar-refractivity contribution < 1.29 is 28.6 Å². The summed E-state index contributed by atoms with van der Waals surface area (Å²) in [4.78, 5) is 38.4. The Labute approximate surface area is 494 Å². The second-order valence-electron chi connectivity index (χ2n) is 21.6. The summed E-state index contributed by atoms with van der Waals surface area (Å²) in [6.45, 7) is 6.48. The fourth-order valence-corrected chi connectivity index (χ4v) is 8.89. The van der Waals surface area contributed by atoms with Gasteiger partial charge in [0, 0.05) is 19.3 Å². The van der Waals surface area contributed by atoms with Crippen LogP contribution < -0.4 is 0 Å². The van der Waals surface area contributed by atoms with Crippen molar-refractivity contribution in [1.29, 1.82) is 0 Å². The van der Waals surface area contributed by atoms with Gasteiger partial charge in [-0.25, -0.2) is 0 Å². The third-order valence-corrected chi connectivity index (χ3v) is 13.9. The molecule has 0 radical (unpaired) electrons. The lowest BCUT2D eigenvalue weighted by molar-refractivity contribution is -0.167. The molecule has 0 aliphatic heterocycles. The van der Waals surface area contributed by atoms with Crippen LogP contribution in [0.4, 0.5) is 0 Å². The monoisotopic (exact) mass is 1110 g/mol. The molecule has 0 rings (SSSR count). The first-order valence-electron chi connectivity index (χ1n) is 33.2.